The maximum Gasteiger partial charge on any atom is 0.335 e. The van der Waals surface area contributed by atoms with Crippen molar-refractivity contribution < 1.29 is 19.4 Å². The third-order valence-corrected chi connectivity index (χ3v) is 3.75. The van der Waals surface area contributed by atoms with Gasteiger partial charge in [0.25, 0.3) is 0 Å². The minimum absolute atomic E-state index is 0.268. The van der Waals surface area contributed by atoms with Gasteiger partial charge in [0.05, 0.1) is 12.7 Å². The lowest BCUT2D eigenvalue weighted by molar-refractivity contribution is 0.0696. The Hall–Kier alpha value is -2.49. The number of benzene rings is 2. The molecular weight excluding hydrogens is 292 g/mol. The van der Waals surface area contributed by atoms with Crippen LogP contribution in [0.15, 0.2) is 30.3 Å². The first-order chi connectivity index (χ1) is 10.8. The lowest BCUT2D eigenvalue weighted by atomic mass is 10.0. The molecule has 0 spiro atoms. The molecule has 0 saturated heterocycles. The highest BCUT2D eigenvalue weighted by atomic mass is 16.5. The van der Waals surface area contributed by atoms with Gasteiger partial charge in [0.1, 0.15) is 17.2 Å². The average molecular weight is 314 g/mol. The van der Waals surface area contributed by atoms with Crippen molar-refractivity contribution >= 4 is 5.97 Å². The maximum atomic E-state index is 11.1. The van der Waals surface area contributed by atoms with Crippen LogP contribution in [0.3, 0.4) is 0 Å². The largest absolute Gasteiger partial charge is 0.496 e. The quantitative estimate of drug-likeness (QED) is 0.850. The van der Waals surface area contributed by atoms with Crippen LogP contribution in [0, 0.1) is 13.8 Å². The van der Waals surface area contributed by atoms with Crippen LogP contribution >= 0.6 is 0 Å². The number of methoxy groups -OCH3 is 1. The summed E-state index contributed by atoms with van der Waals surface area (Å²) in [4.78, 5) is 11.1. The Bertz CT molecular complexity index is 709. The number of hydrogen-bond donors (Lipinski definition) is 1. The summed E-state index contributed by atoms with van der Waals surface area (Å²) in [7, 11) is 1.65. The number of rotatable bonds is 5. The lowest BCUT2D eigenvalue weighted by Gasteiger charge is -2.16. The molecule has 0 aromatic heterocycles. The van der Waals surface area contributed by atoms with E-state index in [1.165, 1.54) is 0 Å². The highest BCUT2D eigenvalue weighted by molar-refractivity contribution is 5.88. The van der Waals surface area contributed by atoms with E-state index < -0.39 is 5.97 Å². The van der Waals surface area contributed by atoms with Gasteiger partial charge in [-0.15, -0.1) is 0 Å². The summed E-state index contributed by atoms with van der Waals surface area (Å²) in [5.74, 6) is 1.61. The van der Waals surface area contributed by atoms with Crippen LogP contribution in [0.4, 0.5) is 0 Å². The van der Waals surface area contributed by atoms with Crippen LogP contribution < -0.4 is 9.47 Å². The summed E-state index contributed by atoms with van der Waals surface area (Å²) in [6.45, 7) is 7.89. The van der Waals surface area contributed by atoms with Gasteiger partial charge in [-0.3, -0.25) is 0 Å². The molecule has 0 aliphatic carbocycles. The molecular formula is C19H22O4. The Labute approximate surface area is 136 Å². The molecule has 2 aromatic carbocycles. The molecule has 23 heavy (non-hydrogen) atoms. The van der Waals surface area contributed by atoms with Crippen LogP contribution in [0.1, 0.15) is 46.8 Å². The smallest absolute Gasteiger partial charge is 0.335 e. The molecule has 0 radical (unpaired) electrons. The Morgan fingerprint density at radius 1 is 1.09 bits per heavy atom. The third-order valence-electron chi connectivity index (χ3n) is 3.75. The minimum Gasteiger partial charge on any atom is -0.496 e. The van der Waals surface area contributed by atoms with Gasteiger partial charge in [0.15, 0.2) is 0 Å². The van der Waals surface area contributed by atoms with E-state index in [1.807, 2.05) is 32.0 Å². The molecule has 0 bridgehead atoms. The predicted molar refractivity (Wildman–Crippen MR) is 90.0 cm³/mol. The van der Waals surface area contributed by atoms with Crippen molar-refractivity contribution in [2.45, 2.75) is 33.6 Å². The second-order valence-corrected chi connectivity index (χ2v) is 5.90. The van der Waals surface area contributed by atoms with Gasteiger partial charge < -0.3 is 14.6 Å². The molecule has 4 nitrogen and oxygen atoms in total. The Morgan fingerprint density at radius 3 is 2.17 bits per heavy atom. The summed E-state index contributed by atoms with van der Waals surface area (Å²) in [6, 6.07) is 8.96. The monoisotopic (exact) mass is 314 g/mol. The van der Waals surface area contributed by atoms with E-state index in [0.717, 1.165) is 22.4 Å². The van der Waals surface area contributed by atoms with E-state index in [1.54, 1.807) is 19.2 Å². The lowest BCUT2D eigenvalue weighted by Crippen LogP contribution is -2.00. The summed E-state index contributed by atoms with van der Waals surface area (Å²) in [5.41, 5.74) is 2.93. The van der Waals surface area contributed by atoms with Crippen LogP contribution in [-0.2, 0) is 0 Å². The Morgan fingerprint density at radius 2 is 1.70 bits per heavy atom. The van der Waals surface area contributed by atoms with Crippen molar-refractivity contribution in [2.24, 2.45) is 0 Å². The first kappa shape index (κ1) is 16.9. The first-order valence-electron chi connectivity index (χ1n) is 7.53. The van der Waals surface area contributed by atoms with E-state index >= 15 is 0 Å². The number of carbonyl (C=O) groups is 1. The van der Waals surface area contributed by atoms with E-state index in [-0.39, 0.29) is 5.56 Å². The average Bonchev–Trinajstić information content (AvgIpc) is 2.50. The molecule has 2 aromatic rings. The highest BCUT2D eigenvalue weighted by Gasteiger charge is 2.13. The molecule has 0 atom stereocenters. The van der Waals surface area contributed by atoms with Gasteiger partial charge in [0.2, 0.25) is 0 Å². The highest BCUT2D eigenvalue weighted by Crippen LogP contribution is 2.34. The van der Waals surface area contributed by atoms with E-state index in [4.69, 9.17) is 14.6 Å². The van der Waals surface area contributed by atoms with Gasteiger partial charge in [-0.2, -0.15) is 0 Å². The van der Waals surface area contributed by atoms with Gasteiger partial charge in [-0.1, -0.05) is 13.8 Å². The molecule has 0 saturated carbocycles. The molecule has 0 heterocycles. The summed E-state index contributed by atoms with van der Waals surface area (Å²) in [5, 5.41) is 9.11. The molecule has 0 aliphatic heterocycles. The SMILES string of the molecule is COc1ccc(Oc2c(C)cc(C(=O)O)cc2C)cc1C(C)C. The number of aromatic carboxylic acids is 1. The first-order valence-corrected chi connectivity index (χ1v) is 7.53. The number of carboxylic acids is 1. The molecule has 0 aliphatic rings. The van der Waals surface area contributed by atoms with Crippen molar-refractivity contribution in [2.75, 3.05) is 7.11 Å². The van der Waals surface area contributed by atoms with Crippen LogP contribution in [-0.4, -0.2) is 18.2 Å². The van der Waals surface area contributed by atoms with Crippen molar-refractivity contribution in [3.05, 3.63) is 52.6 Å². The Balaban J connectivity index is 2.40. The molecule has 2 rings (SSSR count). The van der Waals surface area contributed by atoms with Crippen molar-refractivity contribution in [1.82, 2.24) is 0 Å². The summed E-state index contributed by atoms with van der Waals surface area (Å²) < 4.78 is 11.4. The topological polar surface area (TPSA) is 55.8 Å². The summed E-state index contributed by atoms with van der Waals surface area (Å²) in [6.07, 6.45) is 0. The maximum absolute atomic E-state index is 11.1. The van der Waals surface area contributed by atoms with Crippen LogP contribution in [0.5, 0.6) is 17.2 Å². The molecule has 1 N–H and O–H groups in total. The Kier molecular flexibility index (Phi) is 4.94. The van der Waals surface area contributed by atoms with Gasteiger partial charge >= 0.3 is 5.97 Å². The van der Waals surface area contributed by atoms with Crippen molar-refractivity contribution in [1.29, 1.82) is 0 Å². The van der Waals surface area contributed by atoms with Crippen molar-refractivity contribution in [3.63, 3.8) is 0 Å². The second-order valence-electron chi connectivity index (χ2n) is 5.90. The van der Waals surface area contributed by atoms with Crippen molar-refractivity contribution in [3.8, 4) is 17.2 Å². The van der Waals surface area contributed by atoms with Gasteiger partial charge in [-0.05, 0) is 61.2 Å². The number of aryl methyl sites for hydroxylation is 2. The van der Waals surface area contributed by atoms with E-state index in [2.05, 4.69) is 13.8 Å². The molecule has 4 heteroatoms. The van der Waals surface area contributed by atoms with E-state index in [0.29, 0.717) is 17.4 Å². The predicted octanol–water partition coefficient (Wildman–Crippen LogP) is 4.93. The zero-order valence-electron chi connectivity index (χ0n) is 14.1. The van der Waals surface area contributed by atoms with Gasteiger partial charge in [0, 0.05) is 5.56 Å². The number of carboxylic acid groups (broad SMARTS) is 1. The second kappa shape index (κ2) is 6.73. The zero-order valence-corrected chi connectivity index (χ0v) is 14.1. The minimum atomic E-state index is -0.936. The fourth-order valence-corrected chi connectivity index (χ4v) is 2.58. The van der Waals surface area contributed by atoms with Crippen LogP contribution in [0.2, 0.25) is 0 Å². The fraction of sp³-hybridized carbons (Fsp3) is 0.316. The summed E-state index contributed by atoms with van der Waals surface area (Å²) >= 11 is 0. The van der Waals surface area contributed by atoms with Crippen LogP contribution in [0.25, 0.3) is 0 Å². The number of ether oxygens (including phenoxy) is 2. The van der Waals surface area contributed by atoms with E-state index in [9.17, 15) is 4.79 Å². The standard InChI is InChI=1S/C19H22O4/c1-11(2)16-10-15(6-7-17(16)22-5)23-18-12(3)8-14(19(20)21)9-13(18)4/h6-11H,1-5H3,(H,20,21). The number of hydrogen-bond acceptors (Lipinski definition) is 3. The molecule has 122 valence electrons. The molecule has 0 unspecified atom stereocenters. The fourth-order valence-electron chi connectivity index (χ4n) is 2.58. The zero-order chi connectivity index (χ0) is 17.1. The normalized spacial score (nSPS) is 10.7. The van der Waals surface area contributed by atoms with Gasteiger partial charge in [-0.25, -0.2) is 4.79 Å². The molecule has 0 fully saturated rings. The molecule has 0 amide bonds. The third kappa shape index (κ3) is 3.65.